The summed E-state index contributed by atoms with van der Waals surface area (Å²) in [6.07, 6.45) is 1.25. The van der Waals surface area contributed by atoms with Gasteiger partial charge in [-0.05, 0) is 35.9 Å². The molecule has 1 heterocycles. The van der Waals surface area contributed by atoms with Crippen LogP contribution in [0.2, 0.25) is 15.1 Å². The van der Waals surface area contributed by atoms with Crippen LogP contribution in [0.3, 0.4) is 0 Å². The zero-order valence-corrected chi connectivity index (χ0v) is 17.2. The largest absolute Gasteiger partial charge is 0.482 e. The van der Waals surface area contributed by atoms with Crippen LogP contribution in [0.1, 0.15) is 5.56 Å². The van der Waals surface area contributed by atoms with Crippen LogP contribution in [0, 0.1) is 0 Å². The van der Waals surface area contributed by atoms with Crippen LogP contribution in [-0.4, -0.2) is 30.4 Å². The average Bonchev–Trinajstić information content (AvgIpc) is 2.67. The van der Waals surface area contributed by atoms with Gasteiger partial charge >= 0.3 is 6.03 Å². The summed E-state index contributed by atoms with van der Waals surface area (Å²) in [4.78, 5) is 49.0. The van der Waals surface area contributed by atoms with Crippen molar-refractivity contribution in [2.45, 2.75) is 0 Å². The molecule has 0 radical (unpaired) electrons. The fourth-order valence-electron chi connectivity index (χ4n) is 2.58. The van der Waals surface area contributed by atoms with Crippen molar-refractivity contribution in [1.82, 2.24) is 5.32 Å². The number of carbonyl (C=O) groups excluding carboxylic acids is 4. The lowest BCUT2D eigenvalue weighted by molar-refractivity contribution is -0.123. The van der Waals surface area contributed by atoms with Crippen molar-refractivity contribution >= 4 is 70.3 Å². The second-order valence-electron chi connectivity index (χ2n) is 5.98. The molecule has 2 aromatic carbocycles. The lowest BCUT2D eigenvalue weighted by Gasteiger charge is -2.27. The number of rotatable bonds is 5. The van der Waals surface area contributed by atoms with Gasteiger partial charge in [-0.25, -0.2) is 9.69 Å². The number of anilines is 1. The van der Waals surface area contributed by atoms with Crippen molar-refractivity contribution < 1.29 is 23.9 Å². The van der Waals surface area contributed by atoms with Gasteiger partial charge in [-0.2, -0.15) is 0 Å². The molecule has 0 spiro atoms. The first-order chi connectivity index (χ1) is 14.2. The van der Waals surface area contributed by atoms with E-state index in [1.54, 1.807) is 0 Å². The predicted molar refractivity (Wildman–Crippen MR) is 112 cm³/mol. The summed E-state index contributed by atoms with van der Waals surface area (Å²) in [6.45, 7) is -0.363. The number of primary amides is 1. The van der Waals surface area contributed by atoms with Crippen molar-refractivity contribution in [3.63, 3.8) is 0 Å². The highest BCUT2D eigenvalue weighted by Crippen LogP contribution is 2.34. The fourth-order valence-corrected chi connectivity index (χ4v) is 3.20. The van der Waals surface area contributed by atoms with E-state index in [4.69, 9.17) is 45.3 Å². The number of nitrogens with zero attached hydrogens (tertiary/aromatic N) is 1. The quantitative estimate of drug-likeness (QED) is 0.516. The molecule has 0 aliphatic carbocycles. The zero-order chi connectivity index (χ0) is 22.0. The van der Waals surface area contributed by atoms with Gasteiger partial charge in [-0.15, -0.1) is 0 Å². The Kier molecular flexibility index (Phi) is 6.31. The minimum Gasteiger partial charge on any atom is -0.482 e. The van der Waals surface area contributed by atoms with Gasteiger partial charge in [0.2, 0.25) is 0 Å². The van der Waals surface area contributed by atoms with E-state index in [1.165, 1.54) is 42.5 Å². The van der Waals surface area contributed by atoms with Crippen LogP contribution < -0.4 is 20.7 Å². The second-order valence-corrected chi connectivity index (χ2v) is 7.17. The number of amides is 5. The molecule has 0 bridgehead atoms. The Hall–Kier alpha value is -3.07. The lowest BCUT2D eigenvalue weighted by atomic mass is 10.1. The standard InChI is InChI=1S/C19H12Cl3N3O5/c20-11-2-1-3-13(16(11)22)25-18(28)10(17(27)24-19(25)29)6-9-4-5-14(12(21)7-9)30-8-15(23)26/h1-7H,8H2,(H2,23,26)(H,24,27,29). The molecule has 0 saturated carbocycles. The third-order valence-electron chi connectivity index (χ3n) is 3.91. The number of hydrogen-bond donors (Lipinski definition) is 2. The van der Waals surface area contributed by atoms with Gasteiger partial charge in [-0.1, -0.05) is 46.9 Å². The number of hydrogen-bond acceptors (Lipinski definition) is 5. The van der Waals surface area contributed by atoms with Crippen LogP contribution in [0.4, 0.5) is 10.5 Å². The van der Waals surface area contributed by atoms with Crippen molar-refractivity contribution in [2.24, 2.45) is 5.73 Å². The monoisotopic (exact) mass is 467 g/mol. The molecule has 3 N–H and O–H groups in total. The maximum absolute atomic E-state index is 12.9. The van der Waals surface area contributed by atoms with Gasteiger partial charge in [0.05, 0.1) is 20.8 Å². The van der Waals surface area contributed by atoms with Crippen LogP contribution >= 0.6 is 34.8 Å². The predicted octanol–water partition coefficient (Wildman–Crippen LogP) is 3.18. The molecule has 5 amide bonds. The topological polar surface area (TPSA) is 119 Å². The van der Waals surface area contributed by atoms with Crippen molar-refractivity contribution in [1.29, 1.82) is 0 Å². The molecule has 2 aromatic rings. The lowest BCUT2D eigenvalue weighted by Crippen LogP contribution is -2.54. The Balaban J connectivity index is 1.96. The van der Waals surface area contributed by atoms with Crippen molar-refractivity contribution in [3.05, 3.63) is 62.6 Å². The summed E-state index contributed by atoms with van der Waals surface area (Å²) in [5, 5.41) is 2.32. The molecule has 30 heavy (non-hydrogen) atoms. The third kappa shape index (κ3) is 4.40. The smallest absolute Gasteiger partial charge is 0.336 e. The molecule has 1 fully saturated rings. The molecule has 154 valence electrons. The zero-order valence-electron chi connectivity index (χ0n) is 14.9. The minimum absolute atomic E-state index is 0.0182. The maximum atomic E-state index is 12.9. The van der Waals surface area contributed by atoms with Crippen LogP contribution in [-0.2, 0) is 14.4 Å². The first kappa shape index (κ1) is 21.6. The van der Waals surface area contributed by atoms with Crippen LogP contribution in [0.5, 0.6) is 5.75 Å². The van der Waals surface area contributed by atoms with Gasteiger partial charge in [0.1, 0.15) is 11.3 Å². The van der Waals surface area contributed by atoms with Crippen LogP contribution in [0.25, 0.3) is 6.08 Å². The van der Waals surface area contributed by atoms with Gasteiger partial charge in [0.15, 0.2) is 6.61 Å². The molecule has 0 aromatic heterocycles. The highest BCUT2D eigenvalue weighted by Gasteiger charge is 2.38. The average molecular weight is 469 g/mol. The number of urea groups is 1. The Labute approximate surface area is 185 Å². The molecule has 0 unspecified atom stereocenters. The van der Waals surface area contributed by atoms with E-state index in [0.29, 0.717) is 10.5 Å². The molecular weight excluding hydrogens is 457 g/mol. The number of imide groups is 2. The number of barbiturate groups is 1. The number of benzene rings is 2. The van der Waals surface area contributed by atoms with Gasteiger partial charge < -0.3 is 10.5 Å². The summed E-state index contributed by atoms with van der Waals surface area (Å²) in [6, 6.07) is 7.82. The SMILES string of the molecule is NC(=O)COc1ccc(C=C2C(=O)NC(=O)N(c3cccc(Cl)c3Cl)C2=O)cc1Cl. The molecule has 1 aliphatic heterocycles. The molecule has 11 heteroatoms. The van der Waals surface area contributed by atoms with Crippen LogP contribution in [0.15, 0.2) is 42.0 Å². The highest BCUT2D eigenvalue weighted by molar-refractivity contribution is 6.46. The van der Waals surface area contributed by atoms with E-state index >= 15 is 0 Å². The van der Waals surface area contributed by atoms with Crippen molar-refractivity contribution in [2.75, 3.05) is 11.5 Å². The fraction of sp³-hybridized carbons (Fsp3) is 0.0526. The summed E-state index contributed by atoms with van der Waals surface area (Å²) >= 11 is 18.2. The molecule has 8 nitrogen and oxygen atoms in total. The molecule has 0 atom stereocenters. The summed E-state index contributed by atoms with van der Waals surface area (Å²) in [5.41, 5.74) is 5.09. The maximum Gasteiger partial charge on any atom is 0.336 e. The third-order valence-corrected chi connectivity index (χ3v) is 5.01. The molecule has 1 aliphatic rings. The van der Waals surface area contributed by atoms with Gasteiger partial charge in [-0.3, -0.25) is 19.7 Å². The van der Waals surface area contributed by atoms with Gasteiger partial charge in [0, 0.05) is 0 Å². The Bertz CT molecular complexity index is 1120. The Morgan fingerprint density at radius 3 is 2.50 bits per heavy atom. The molecular formula is C19H12Cl3N3O5. The molecule has 1 saturated heterocycles. The first-order valence-corrected chi connectivity index (χ1v) is 9.38. The van der Waals surface area contributed by atoms with E-state index < -0.39 is 23.8 Å². The van der Waals surface area contributed by atoms with E-state index in [-0.39, 0.29) is 38.7 Å². The first-order valence-electron chi connectivity index (χ1n) is 8.25. The number of halogens is 3. The Morgan fingerprint density at radius 1 is 1.10 bits per heavy atom. The number of ether oxygens (including phenoxy) is 1. The number of nitrogens with one attached hydrogen (secondary N) is 1. The van der Waals surface area contributed by atoms with E-state index in [0.717, 1.165) is 0 Å². The van der Waals surface area contributed by atoms with Crippen molar-refractivity contribution in [3.8, 4) is 5.75 Å². The van der Waals surface area contributed by atoms with E-state index in [9.17, 15) is 19.2 Å². The Morgan fingerprint density at radius 2 is 1.83 bits per heavy atom. The number of nitrogens with two attached hydrogens (primary N) is 1. The second kappa shape index (κ2) is 8.74. The summed E-state index contributed by atoms with van der Waals surface area (Å²) in [5.74, 6) is -2.26. The summed E-state index contributed by atoms with van der Waals surface area (Å²) in [7, 11) is 0. The molecule has 3 rings (SSSR count). The summed E-state index contributed by atoms with van der Waals surface area (Å²) < 4.78 is 5.15. The highest BCUT2D eigenvalue weighted by atomic mass is 35.5. The van der Waals surface area contributed by atoms with E-state index in [1.807, 2.05) is 0 Å². The minimum atomic E-state index is -0.959. The van der Waals surface area contributed by atoms with E-state index in [2.05, 4.69) is 5.32 Å². The number of carbonyl (C=O) groups is 4. The van der Waals surface area contributed by atoms with Gasteiger partial charge in [0.25, 0.3) is 17.7 Å². The normalized spacial score (nSPS) is 15.4.